The van der Waals surface area contributed by atoms with Crippen LogP contribution in [0.4, 0.5) is 5.69 Å². The Bertz CT molecular complexity index is 800. The average molecular weight is 359 g/mol. The molecule has 0 aliphatic carbocycles. The predicted octanol–water partition coefficient (Wildman–Crippen LogP) is 1.84. The number of carbonyl (C=O) groups is 2. The molecule has 0 atom stereocenters. The van der Waals surface area contributed by atoms with Gasteiger partial charge in [-0.05, 0) is 25.5 Å². The van der Waals surface area contributed by atoms with Crippen molar-refractivity contribution in [1.82, 2.24) is 14.8 Å². The number of carbonyl (C=O) groups excluding carboxylic acids is 2. The van der Waals surface area contributed by atoms with Gasteiger partial charge in [-0.2, -0.15) is 0 Å². The molecule has 0 aliphatic heterocycles. The number of nitrogens with zero attached hydrogens (tertiary/aromatic N) is 3. The van der Waals surface area contributed by atoms with Crippen LogP contribution in [0.5, 0.6) is 0 Å². The molecule has 132 valence electrons. The number of hydrogen-bond donors (Lipinski definition) is 2. The zero-order valence-corrected chi connectivity index (χ0v) is 15.1. The molecular formula is C17H21N5O2S. The van der Waals surface area contributed by atoms with Crippen molar-refractivity contribution in [2.45, 2.75) is 32.0 Å². The fourth-order valence-corrected chi connectivity index (χ4v) is 3.00. The Kier molecular flexibility index (Phi) is 6.35. The molecule has 0 saturated heterocycles. The first-order valence-electron chi connectivity index (χ1n) is 7.72. The Hall–Kier alpha value is -2.61. The van der Waals surface area contributed by atoms with Crippen LogP contribution in [-0.2, 0) is 22.6 Å². The van der Waals surface area contributed by atoms with Crippen LogP contribution in [0.25, 0.3) is 0 Å². The second-order valence-electron chi connectivity index (χ2n) is 5.60. The van der Waals surface area contributed by atoms with E-state index in [2.05, 4.69) is 22.1 Å². The molecule has 0 spiro atoms. The monoisotopic (exact) mass is 359 g/mol. The smallest absolute Gasteiger partial charge is 0.232 e. The van der Waals surface area contributed by atoms with E-state index in [0.717, 1.165) is 16.8 Å². The second-order valence-corrected chi connectivity index (χ2v) is 6.54. The van der Waals surface area contributed by atoms with Gasteiger partial charge in [-0.3, -0.25) is 9.59 Å². The van der Waals surface area contributed by atoms with Gasteiger partial charge in [-0.1, -0.05) is 35.5 Å². The Morgan fingerprint density at radius 3 is 2.76 bits per heavy atom. The maximum atomic E-state index is 12.4. The van der Waals surface area contributed by atoms with Gasteiger partial charge in [0.15, 0.2) is 5.16 Å². The van der Waals surface area contributed by atoms with E-state index in [-0.39, 0.29) is 18.1 Å². The summed E-state index contributed by atoms with van der Waals surface area (Å²) in [5.74, 6) is -0.0122. The van der Waals surface area contributed by atoms with Crippen LogP contribution in [-0.4, -0.2) is 32.3 Å². The molecule has 0 fully saturated rings. The van der Waals surface area contributed by atoms with Crippen LogP contribution in [0.2, 0.25) is 0 Å². The largest absolute Gasteiger partial charge is 0.369 e. The first kappa shape index (κ1) is 18.7. The number of hydrogen-bond acceptors (Lipinski definition) is 5. The first-order chi connectivity index (χ1) is 11.9. The molecule has 0 aliphatic rings. The van der Waals surface area contributed by atoms with Crippen molar-refractivity contribution < 1.29 is 9.59 Å². The van der Waals surface area contributed by atoms with E-state index in [0.29, 0.717) is 17.5 Å². The van der Waals surface area contributed by atoms with E-state index in [1.54, 1.807) is 10.6 Å². The Balaban J connectivity index is 2.11. The number of benzene rings is 1. The first-order valence-corrected chi connectivity index (χ1v) is 8.70. The molecule has 0 radical (unpaired) electrons. The molecule has 1 aromatic carbocycles. The highest BCUT2D eigenvalue weighted by molar-refractivity contribution is 7.99. The molecule has 1 heterocycles. The van der Waals surface area contributed by atoms with E-state index in [1.807, 2.05) is 32.0 Å². The SMILES string of the molecule is C=CCn1c(CC(=O)Nc2ccc(C)cc2C)nnc1SCC(N)=O. The van der Waals surface area contributed by atoms with E-state index >= 15 is 0 Å². The Labute approximate surface area is 150 Å². The van der Waals surface area contributed by atoms with Crippen LogP contribution in [0.15, 0.2) is 36.0 Å². The summed E-state index contributed by atoms with van der Waals surface area (Å²) in [7, 11) is 0. The zero-order chi connectivity index (χ0) is 18.4. The van der Waals surface area contributed by atoms with E-state index in [1.165, 1.54) is 11.8 Å². The number of nitrogens with two attached hydrogens (primary N) is 1. The summed E-state index contributed by atoms with van der Waals surface area (Å²) >= 11 is 1.19. The number of rotatable bonds is 8. The summed E-state index contributed by atoms with van der Waals surface area (Å²) in [6.45, 7) is 8.09. The third-order valence-corrected chi connectivity index (χ3v) is 4.41. The van der Waals surface area contributed by atoms with Gasteiger partial charge in [0.1, 0.15) is 5.82 Å². The number of nitrogens with one attached hydrogen (secondary N) is 1. The number of aromatic nitrogens is 3. The van der Waals surface area contributed by atoms with E-state index < -0.39 is 5.91 Å². The van der Waals surface area contributed by atoms with Crippen molar-refractivity contribution >= 4 is 29.3 Å². The highest BCUT2D eigenvalue weighted by Gasteiger charge is 2.16. The van der Waals surface area contributed by atoms with Crippen LogP contribution >= 0.6 is 11.8 Å². The van der Waals surface area contributed by atoms with Gasteiger partial charge in [0.2, 0.25) is 11.8 Å². The van der Waals surface area contributed by atoms with Gasteiger partial charge in [0, 0.05) is 12.2 Å². The number of thioether (sulfide) groups is 1. The fraction of sp³-hybridized carbons (Fsp3) is 0.294. The maximum absolute atomic E-state index is 12.4. The molecule has 1 aromatic heterocycles. The zero-order valence-electron chi connectivity index (χ0n) is 14.3. The van der Waals surface area contributed by atoms with Crippen LogP contribution in [0, 0.1) is 13.8 Å². The Morgan fingerprint density at radius 2 is 2.12 bits per heavy atom. The van der Waals surface area contributed by atoms with Crippen molar-refractivity contribution in [3.63, 3.8) is 0 Å². The van der Waals surface area contributed by atoms with Gasteiger partial charge in [0.05, 0.1) is 12.2 Å². The van der Waals surface area contributed by atoms with E-state index in [9.17, 15) is 9.59 Å². The van der Waals surface area contributed by atoms with Crippen molar-refractivity contribution in [2.75, 3.05) is 11.1 Å². The molecule has 2 rings (SSSR count). The molecule has 0 saturated carbocycles. The third kappa shape index (κ3) is 5.18. The van der Waals surface area contributed by atoms with Crippen LogP contribution in [0.1, 0.15) is 17.0 Å². The van der Waals surface area contributed by atoms with Gasteiger partial charge >= 0.3 is 0 Å². The molecular weight excluding hydrogens is 338 g/mol. The molecule has 8 heteroatoms. The summed E-state index contributed by atoms with van der Waals surface area (Å²) in [4.78, 5) is 23.3. The van der Waals surface area contributed by atoms with Gasteiger partial charge in [-0.25, -0.2) is 0 Å². The minimum absolute atomic E-state index is 0.0747. The fourth-order valence-electron chi connectivity index (χ4n) is 2.30. The average Bonchev–Trinajstić information content (AvgIpc) is 2.90. The lowest BCUT2D eigenvalue weighted by Gasteiger charge is -2.10. The number of aryl methyl sites for hydroxylation is 2. The van der Waals surface area contributed by atoms with Gasteiger partial charge in [0.25, 0.3) is 0 Å². The summed E-state index contributed by atoms with van der Waals surface area (Å²) in [6.07, 6.45) is 1.76. The number of allylic oxidation sites excluding steroid dienone is 1. The number of amides is 2. The second kappa shape index (κ2) is 8.48. The minimum Gasteiger partial charge on any atom is -0.369 e. The standard InChI is InChI=1S/C17H21N5O2S/c1-4-7-22-15(20-21-17(22)25-10-14(18)23)9-16(24)19-13-6-5-11(2)8-12(13)3/h4-6,8H,1,7,9-10H2,2-3H3,(H2,18,23)(H,19,24). The van der Waals surface area contributed by atoms with Crippen molar-refractivity contribution in [2.24, 2.45) is 5.73 Å². The van der Waals surface area contributed by atoms with Gasteiger partial charge in [-0.15, -0.1) is 16.8 Å². The van der Waals surface area contributed by atoms with Crippen molar-refractivity contribution in [3.8, 4) is 0 Å². The van der Waals surface area contributed by atoms with Gasteiger partial charge < -0.3 is 15.6 Å². The lowest BCUT2D eigenvalue weighted by molar-refractivity contribution is -0.116. The summed E-state index contributed by atoms with van der Waals surface area (Å²) in [6, 6.07) is 5.83. The normalized spacial score (nSPS) is 10.5. The summed E-state index contributed by atoms with van der Waals surface area (Å²) < 4.78 is 1.75. The molecule has 25 heavy (non-hydrogen) atoms. The molecule has 0 unspecified atom stereocenters. The highest BCUT2D eigenvalue weighted by atomic mass is 32.2. The predicted molar refractivity (Wildman–Crippen MR) is 98.4 cm³/mol. The molecule has 3 N–H and O–H groups in total. The van der Waals surface area contributed by atoms with Crippen molar-refractivity contribution in [1.29, 1.82) is 0 Å². The number of anilines is 1. The van der Waals surface area contributed by atoms with Crippen LogP contribution < -0.4 is 11.1 Å². The quantitative estimate of drug-likeness (QED) is 0.553. The maximum Gasteiger partial charge on any atom is 0.232 e. The van der Waals surface area contributed by atoms with E-state index in [4.69, 9.17) is 5.73 Å². The highest BCUT2D eigenvalue weighted by Crippen LogP contribution is 2.19. The molecule has 7 nitrogen and oxygen atoms in total. The topological polar surface area (TPSA) is 103 Å². The summed E-state index contributed by atoms with van der Waals surface area (Å²) in [5.41, 5.74) is 8.07. The third-order valence-electron chi connectivity index (χ3n) is 3.42. The number of primary amides is 1. The lowest BCUT2D eigenvalue weighted by atomic mass is 10.1. The molecule has 2 amide bonds. The summed E-state index contributed by atoms with van der Waals surface area (Å²) in [5, 5.41) is 11.5. The van der Waals surface area contributed by atoms with Crippen LogP contribution in [0.3, 0.4) is 0 Å². The molecule has 2 aromatic rings. The Morgan fingerprint density at radius 1 is 1.36 bits per heavy atom. The minimum atomic E-state index is -0.438. The van der Waals surface area contributed by atoms with Crippen molar-refractivity contribution in [3.05, 3.63) is 47.8 Å². The lowest BCUT2D eigenvalue weighted by Crippen LogP contribution is -2.18. The molecule has 0 bridgehead atoms.